The molecule has 0 bridgehead atoms. The van der Waals surface area contributed by atoms with Crippen molar-refractivity contribution in [3.8, 4) is 0 Å². The number of halogens is 2. The molecule has 0 saturated carbocycles. The average Bonchev–Trinajstić information content (AvgIpc) is 2.44. The molecule has 108 valence electrons. The number of rotatable bonds is 5. The largest absolute Gasteiger partial charge is 0.386 e. The number of hydrogen-bond donors (Lipinski definition) is 1. The molecule has 0 spiro atoms. The van der Waals surface area contributed by atoms with Crippen LogP contribution >= 0.6 is 15.9 Å². The van der Waals surface area contributed by atoms with Crippen LogP contribution < -0.4 is 5.32 Å². The minimum atomic E-state index is -0.355. The van der Waals surface area contributed by atoms with E-state index in [1.165, 1.54) is 18.3 Å². The maximum absolute atomic E-state index is 12.9. The monoisotopic (exact) mass is 350 g/mol. The first-order valence-electron chi connectivity index (χ1n) is 6.10. The molecule has 0 unspecified atom stereocenters. The van der Waals surface area contributed by atoms with E-state index in [4.69, 9.17) is 4.84 Å². The summed E-state index contributed by atoms with van der Waals surface area (Å²) >= 11 is 3.31. The van der Waals surface area contributed by atoms with Gasteiger partial charge in [0.05, 0.1) is 6.21 Å². The Bertz CT molecular complexity index is 662. The van der Waals surface area contributed by atoms with E-state index in [1.54, 1.807) is 24.3 Å². The lowest BCUT2D eigenvalue weighted by Gasteiger charge is -2.04. The highest BCUT2D eigenvalue weighted by Crippen LogP contribution is 2.15. The first-order chi connectivity index (χ1) is 10.1. The normalized spacial score (nSPS) is 10.6. The summed E-state index contributed by atoms with van der Waals surface area (Å²) < 4.78 is 13.8. The van der Waals surface area contributed by atoms with Crippen LogP contribution in [0.4, 0.5) is 10.1 Å². The smallest absolute Gasteiger partial charge is 0.265 e. The SMILES string of the molecule is O=C(CO/N=C\c1cccc(F)c1)Nc1cccc(Br)c1. The average molecular weight is 351 g/mol. The lowest BCUT2D eigenvalue weighted by atomic mass is 10.2. The topological polar surface area (TPSA) is 50.7 Å². The van der Waals surface area contributed by atoms with Crippen LogP contribution in [0.1, 0.15) is 5.56 Å². The number of amides is 1. The molecule has 0 aliphatic rings. The Balaban J connectivity index is 1.79. The van der Waals surface area contributed by atoms with Crippen LogP contribution in [0.25, 0.3) is 0 Å². The van der Waals surface area contributed by atoms with Gasteiger partial charge in [-0.2, -0.15) is 0 Å². The predicted octanol–water partition coefficient (Wildman–Crippen LogP) is 3.58. The van der Waals surface area contributed by atoms with E-state index >= 15 is 0 Å². The minimum Gasteiger partial charge on any atom is -0.386 e. The van der Waals surface area contributed by atoms with Crippen molar-refractivity contribution in [2.75, 3.05) is 11.9 Å². The number of carbonyl (C=O) groups excluding carboxylic acids is 1. The Morgan fingerprint density at radius 1 is 1.29 bits per heavy atom. The van der Waals surface area contributed by atoms with E-state index in [9.17, 15) is 9.18 Å². The number of nitrogens with one attached hydrogen (secondary N) is 1. The molecule has 4 nitrogen and oxygen atoms in total. The maximum Gasteiger partial charge on any atom is 0.265 e. The zero-order chi connectivity index (χ0) is 15.1. The zero-order valence-electron chi connectivity index (χ0n) is 10.9. The predicted molar refractivity (Wildman–Crippen MR) is 82.7 cm³/mol. The third-order valence-corrected chi connectivity index (χ3v) is 2.92. The minimum absolute atomic E-state index is 0.224. The van der Waals surface area contributed by atoms with E-state index in [0.717, 1.165) is 4.47 Å². The molecule has 0 saturated heterocycles. The van der Waals surface area contributed by atoms with Crippen molar-refractivity contribution in [3.63, 3.8) is 0 Å². The second kappa shape index (κ2) is 7.54. The van der Waals surface area contributed by atoms with Gasteiger partial charge in [0.2, 0.25) is 0 Å². The summed E-state index contributed by atoms with van der Waals surface area (Å²) in [6.07, 6.45) is 1.34. The summed E-state index contributed by atoms with van der Waals surface area (Å²) in [7, 11) is 0. The molecule has 1 N–H and O–H groups in total. The molecule has 2 aromatic carbocycles. The molecule has 2 aromatic rings. The van der Waals surface area contributed by atoms with Crippen molar-refractivity contribution in [2.45, 2.75) is 0 Å². The van der Waals surface area contributed by atoms with Crippen molar-refractivity contribution >= 4 is 33.7 Å². The molecule has 0 heterocycles. The molecule has 0 fully saturated rings. The van der Waals surface area contributed by atoms with Crippen LogP contribution in [-0.2, 0) is 9.63 Å². The van der Waals surface area contributed by atoms with Gasteiger partial charge in [0.1, 0.15) is 5.82 Å². The Morgan fingerprint density at radius 3 is 2.86 bits per heavy atom. The van der Waals surface area contributed by atoms with Gasteiger partial charge in [-0.3, -0.25) is 4.79 Å². The fraction of sp³-hybridized carbons (Fsp3) is 0.0667. The highest BCUT2D eigenvalue weighted by molar-refractivity contribution is 9.10. The van der Waals surface area contributed by atoms with Gasteiger partial charge in [0.25, 0.3) is 5.91 Å². The Kier molecular flexibility index (Phi) is 5.45. The van der Waals surface area contributed by atoms with Crippen molar-refractivity contribution in [3.05, 3.63) is 64.4 Å². The van der Waals surface area contributed by atoms with E-state index in [1.807, 2.05) is 12.1 Å². The van der Waals surface area contributed by atoms with E-state index in [0.29, 0.717) is 11.3 Å². The van der Waals surface area contributed by atoms with E-state index in [2.05, 4.69) is 26.4 Å². The molecule has 0 atom stereocenters. The second-order valence-electron chi connectivity index (χ2n) is 4.12. The van der Waals surface area contributed by atoms with Crippen molar-refractivity contribution in [1.29, 1.82) is 0 Å². The number of hydrogen-bond acceptors (Lipinski definition) is 3. The van der Waals surface area contributed by atoms with Crippen LogP contribution in [0.5, 0.6) is 0 Å². The van der Waals surface area contributed by atoms with Gasteiger partial charge in [-0.25, -0.2) is 4.39 Å². The van der Waals surface area contributed by atoms with Crippen LogP contribution in [0.2, 0.25) is 0 Å². The number of oxime groups is 1. The van der Waals surface area contributed by atoms with Crippen LogP contribution in [0.3, 0.4) is 0 Å². The second-order valence-corrected chi connectivity index (χ2v) is 5.04. The fourth-order valence-corrected chi connectivity index (χ4v) is 1.94. The van der Waals surface area contributed by atoms with Gasteiger partial charge < -0.3 is 10.2 Å². The van der Waals surface area contributed by atoms with E-state index < -0.39 is 0 Å². The van der Waals surface area contributed by atoms with Gasteiger partial charge in [0.15, 0.2) is 6.61 Å². The van der Waals surface area contributed by atoms with Gasteiger partial charge in [-0.15, -0.1) is 0 Å². The highest BCUT2D eigenvalue weighted by Gasteiger charge is 2.02. The number of nitrogens with zero attached hydrogens (tertiary/aromatic N) is 1. The maximum atomic E-state index is 12.9. The van der Waals surface area contributed by atoms with E-state index in [-0.39, 0.29) is 18.3 Å². The highest BCUT2D eigenvalue weighted by atomic mass is 79.9. The molecule has 0 aliphatic heterocycles. The summed E-state index contributed by atoms with van der Waals surface area (Å²) in [4.78, 5) is 16.5. The molecule has 0 aliphatic carbocycles. The molecule has 1 amide bonds. The van der Waals surface area contributed by atoms with Gasteiger partial charge in [-0.05, 0) is 35.9 Å². The molecular weight excluding hydrogens is 339 g/mol. The molecule has 2 rings (SSSR count). The summed E-state index contributed by atoms with van der Waals surface area (Å²) in [5, 5.41) is 6.28. The summed E-state index contributed by atoms with van der Waals surface area (Å²) in [6.45, 7) is -0.224. The standard InChI is InChI=1S/C15H12BrFN2O2/c16-12-4-2-6-14(8-12)19-15(20)10-21-18-9-11-3-1-5-13(17)7-11/h1-9H,10H2,(H,19,20)/b18-9-. The number of anilines is 1. The van der Waals surface area contributed by atoms with Crippen molar-refractivity contribution in [2.24, 2.45) is 5.16 Å². The van der Waals surface area contributed by atoms with Crippen molar-refractivity contribution < 1.29 is 14.0 Å². The van der Waals surface area contributed by atoms with Crippen molar-refractivity contribution in [1.82, 2.24) is 0 Å². The Hall–Kier alpha value is -2.21. The lowest BCUT2D eigenvalue weighted by molar-refractivity contribution is -0.120. The molecule has 21 heavy (non-hydrogen) atoms. The number of benzene rings is 2. The van der Waals surface area contributed by atoms with Crippen LogP contribution in [0.15, 0.2) is 58.2 Å². The van der Waals surface area contributed by atoms with Gasteiger partial charge in [-0.1, -0.05) is 39.3 Å². The van der Waals surface area contributed by atoms with Crippen LogP contribution in [0, 0.1) is 5.82 Å². The Morgan fingerprint density at radius 2 is 2.10 bits per heavy atom. The Labute approximate surface area is 129 Å². The summed E-state index contributed by atoms with van der Waals surface area (Å²) in [6, 6.07) is 13.1. The van der Waals surface area contributed by atoms with Gasteiger partial charge >= 0.3 is 0 Å². The first kappa shape index (κ1) is 15.2. The third kappa shape index (κ3) is 5.35. The zero-order valence-corrected chi connectivity index (χ0v) is 12.5. The molecular formula is C15H12BrFN2O2. The number of carbonyl (C=O) groups is 1. The lowest BCUT2D eigenvalue weighted by Crippen LogP contribution is -2.16. The molecule has 0 aromatic heterocycles. The molecule has 6 heteroatoms. The summed E-state index contributed by atoms with van der Waals surface area (Å²) in [5.41, 5.74) is 1.22. The third-order valence-electron chi connectivity index (χ3n) is 2.43. The fourth-order valence-electron chi connectivity index (χ4n) is 1.54. The quantitative estimate of drug-likeness (QED) is 0.661. The summed E-state index contributed by atoms with van der Waals surface area (Å²) in [5.74, 6) is -0.684. The first-order valence-corrected chi connectivity index (χ1v) is 6.89. The van der Waals surface area contributed by atoms with Gasteiger partial charge in [0, 0.05) is 10.2 Å². The van der Waals surface area contributed by atoms with Crippen LogP contribution in [-0.4, -0.2) is 18.7 Å². The molecule has 0 radical (unpaired) electrons.